The van der Waals surface area contributed by atoms with Crippen molar-refractivity contribution in [1.29, 1.82) is 0 Å². The smallest absolute Gasteiger partial charge is 0.344 e. The molecular formula is C30H31NO7. The molecule has 0 bridgehead atoms. The normalized spacial score (nSPS) is 14.6. The Balaban J connectivity index is 1.49. The minimum Gasteiger partial charge on any atom is -0.488 e. The first-order valence-electron chi connectivity index (χ1n) is 12.5. The third-order valence-corrected chi connectivity index (χ3v) is 5.58. The molecule has 0 amide bonds. The number of pyridine rings is 1. The van der Waals surface area contributed by atoms with Crippen molar-refractivity contribution in [2.24, 2.45) is 0 Å². The number of benzene rings is 2. The van der Waals surface area contributed by atoms with Crippen molar-refractivity contribution in [3.8, 4) is 29.2 Å². The molecule has 1 aromatic heterocycles. The van der Waals surface area contributed by atoms with Gasteiger partial charge in [-0.1, -0.05) is 36.3 Å². The Morgan fingerprint density at radius 3 is 2.58 bits per heavy atom. The van der Waals surface area contributed by atoms with E-state index in [0.717, 1.165) is 16.7 Å². The maximum absolute atomic E-state index is 11.5. The highest BCUT2D eigenvalue weighted by Gasteiger charge is 2.17. The number of hydrogen-bond acceptors (Lipinski definition) is 8. The maximum atomic E-state index is 11.5. The van der Waals surface area contributed by atoms with Crippen LogP contribution in [0.25, 0.3) is 0 Å². The van der Waals surface area contributed by atoms with Crippen molar-refractivity contribution in [1.82, 2.24) is 4.98 Å². The number of esters is 1. The van der Waals surface area contributed by atoms with Gasteiger partial charge in [0.15, 0.2) is 6.61 Å². The number of carbonyl (C=O) groups is 1. The van der Waals surface area contributed by atoms with Gasteiger partial charge in [-0.15, -0.1) is 0 Å². The summed E-state index contributed by atoms with van der Waals surface area (Å²) in [6.07, 6.45) is -0.153. The molecule has 1 aliphatic rings. The molecule has 8 heteroatoms. The van der Waals surface area contributed by atoms with Gasteiger partial charge in [0.25, 0.3) is 0 Å². The van der Waals surface area contributed by atoms with E-state index in [2.05, 4.69) is 16.8 Å². The van der Waals surface area contributed by atoms with Crippen molar-refractivity contribution in [2.45, 2.75) is 26.6 Å². The van der Waals surface area contributed by atoms with Crippen LogP contribution in [0.5, 0.6) is 17.4 Å². The summed E-state index contributed by atoms with van der Waals surface area (Å²) >= 11 is 0. The predicted octanol–water partition coefficient (Wildman–Crippen LogP) is 4.10. The zero-order valence-electron chi connectivity index (χ0n) is 21.6. The van der Waals surface area contributed by atoms with E-state index in [4.69, 9.17) is 28.4 Å². The highest BCUT2D eigenvalue weighted by molar-refractivity contribution is 5.71. The van der Waals surface area contributed by atoms with Gasteiger partial charge in [-0.2, -0.15) is 0 Å². The van der Waals surface area contributed by atoms with E-state index in [1.807, 2.05) is 49.4 Å². The monoisotopic (exact) mass is 517 g/mol. The van der Waals surface area contributed by atoms with Crippen LogP contribution < -0.4 is 14.2 Å². The van der Waals surface area contributed by atoms with Crippen LogP contribution in [0.15, 0.2) is 60.7 Å². The highest BCUT2D eigenvalue weighted by Crippen LogP contribution is 2.26. The van der Waals surface area contributed by atoms with Crippen LogP contribution in [0, 0.1) is 18.8 Å². The van der Waals surface area contributed by atoms with Gasteiger partial charge in [-0.25, -0.2) is 9.78 Å². The number of aromatic nitrogens is 1. The van der Waals surface area contributed by atoms with Crippen LogP contribution in [0.2, 0.25) is 0 Å². The van der Waals surface area contributed by atoms with Crippen LogP contribution in [0.3, 0.4) is 0 Å². The molecule has 1 atom stereocenters. The van der Waals surface area contributed by atoms with Gasteiger partial charge in [-0.05, 0) is 49.6 Å². The second-order valence-electron chi connectivity index (χ2n) is 8.45. The van der Waals surface area contributed by atoms with E-state index in [1.165, 1.54) is 0 Å². The molecule has 0 spiro atoms. The Hall–Kier alpha value is -4.06. The summed E-state index contributed by atoms with van der Waals surface area (Å²) in [7, 11) is 0. The standard InChI is InChI=1S/C30H31NO7/c1-3-34-30(32)21-36-25-12-9-23(10-13-25)11-14-27-22(2)28(37-18-24-7-5-4-6-8-24)17-29(31-27)38-20-26-19-33-15-16-35-26/h4-10,12-13,17,26H,3,15-16,18-21H2,1-2H3. The molecule has 1 unspecified atom stereocenters. The van der Waals surface area contributed by atoms with Gasteiger partial charge in [0.05, 0.1) is 26.4 Å². The fourth-order valence-electron chi connectivity index (χ4n) is 3.57. The van der Waals surface area contributed by atoms with E-state index in [-0.39, 0.29) is 12.7 Å². The fraction of sp³-hybridized carbons (Fsp3) is 0.333. The van der Waals surface area contributed by atoms with Gasteiger partial charge >= 0.3 is 5.97 Å². The Labute approximate surface area is 222 Å². The van der Waals surface area contributed by atoms with Crippen molar-refractivity contribution in [3.63, 3.8) is 0 Å². The predicted molar refractivity (Wildman–Crippen MR) is 140 cm³/mol. The summed E-state index contributed by atoms with van der Waals surface area (Å²) < 4.78 is 33.5. The van der Waals surface area contributed by atoms with E-state index in [0.29, 0.717) is 62.7 Å². The van der Waals surface area contributed by atoms with Crippen LogP contribution >= 0.6 is 0 Å². The van der Waals surface area contributed by atoms with Crippen LogP contribution in [0.1, 0.15) is 29.3 Å². The van der Waals surface area contributed by atoms with Gasteiger partial charge < -0.3 is 28.4 Å². The molecule has 8 nitrogen and oxygen atoms in total. The summed E-state index contributed by atoms with van der Waals surface area (Å²) in [4.78, 5) is 16.1. The Bertz CT molecular complexity index is 1240. The summed E-state index contributed by atoms with van der Waals surface area (Å²) in [6, 6.07) is 18.9. The summed E-state index contributed by atoms with van der Waals surface area (Å²) in [5.74, 6) is 7.47. The molecule has 0 radical (unpaired) electrons. The summed E-state index contributed by atoms with van der Waals surface area (Å²) in [6.45, 7) is 6.19. The largest absolute Gasteiger partial charge is 0.488 e. The molecule has 0 saturated carbocycles. The van der Waals surface area contributed by atoms with Gasteiger partial charge in [0, 0.05) is 17.2 Å². The lowest BCUT2D eigenvalue weighted by Gasteiger charge is -2.23. The highest BCUT2D eigenvalue weighted by atomic mass is 16.6. The first-order chi connectivity index (χ1) is 18.6. The minimum absolute atomic E-state index is 0.140. The minimum atomic E-state index is -0.409. The maximum Gasteiger partial charge on any atom is 0.344 e. The molecule has 198 valence electrons. The second-order valence-corrected chi connectivity index (χ2v) is 8.45. The molecule has 2 aromatic carbocycles. The quantitative estimate of drug-likeness (QED) is 0.294. The van der Waals surface area contributed by atoms with E-state index >= 15 is 0 Å². The van der Waals surface area contributed by atoms with Crippen LogP contribution in [-0.4, -0.2) is 56.7 Å². The zero-order valence-corrected chi connectivity index (χ0v) is 21.6. The molecule has 3 aromatic rings. The first-order valence-corrected chi connectivity index (χ1v) is 12.5. The lowest BCUT2D eigenvalue weighted by atomic mass is 10.1. The van der Waals surface area contributed by atoms with Gasteiger partial charge in [-0.3, -0.25) is 0 Å². The Kier molecular flexibility index (Phi) is 9.96. The fourth-order valence-corrected chi connectivity index (χ4v) is 3.57. The topological polar surface area (TPSA) is 85.3 Å². The summed E-state index contributed by atoms with van der Waals surface area (Å²) in [5.41, 5.74) is 3.18. The number of rotatable bonds is 10. The third kappa shape index (κ3) is 8.23. The van der Waals surface area contributed by atoms with E-state index in [9.17, 15) is 4.79 Å². The van der Waals surface area contributed by atoms with Gasteiger partial charge in [0.2, 0.25) is 5.88 Å². The zero-order chi connectivity index (χ0) is 26.6. The number of ether oxygens (including phenoxy) is 6. The van der Waals surface area contributed by atoms with Gasteiger partial charge in [0.1, 0.15) is 36.5 Å². The molecule has 1 aliphatic heterocycles. The average molecular weight is 518 g/mol. The Morgan fingerprint density at radius 2 is 1.84 bits per heavy atom. The number of carbonyl (C=O) groups excluding carboxylic acids is 1. The second kappa shape index (κ2) is 14.0. The lowest BCUT2D eigenvalue weighted by Crippen LogP contribution is -2.33. The van der Waals surface area contributed by atoms with Crippen LogP contribution in [-0.2, 0) is 25.6 Å². The number of hydrogen-bond donors (Lipinski definition) is 0. The lowest BCUT2D eigenvalue weighted by molar-refractivity contribution is -0.145. The van der Waals surface area contributed by atoms with Crippen molar-refractivity contribution >= 4 is 5.97 Å². The van der Waals surface area contributed by atoms with E-state index < -0.39 is 5.97 Å². The molecule has 1 saturated heterocycles. The average Bonchev–Trinajstić information content (AvgIpc) is 2.96. The third-order valence-electron chi connectivity index (χ3n) is 5.58. The van der Waals surface area contributed by atoms with Crippen molar-refractivity contribution in [3.05, 3.63) is 83.0 Å². The SMILES string of the molecule is CCOC(=O)COc1ccc(C#Cc2nc(OCC3COCCO3)cc(OCc3ccccc3)c2C)cc1. The molecule has 4 rings (SSSR count). The molecular weight excluding hydrogens is 486 g/mol. The molecule has 0 N–H and O–H groups in total. The summed E-state index contributed by atoms with van der Waals surface area (Å²) in [5, 5.41) is 0. The first kappa shape index (κ1) is 27.0. The molecule has 1 fully saturated rings. The molecule has 0 aliphatic carbocycles. The van der Waals surface area contributed by atoms with Crippen molar-refractivity contribution < 1.29 is 33.2 Å². The molecule has 38 heavy (non-hydrogen) atoms. The van der Waals surface area contributed by atoms with Crippen LogP contribution in [0.4, 0.5) is 0 Å². The Morgan fingerprint density at radius 1 is 1.03 bits per heavy atom. The number of nitrogens with zero attached hydrogens (tertiary/aromatic N) is 1. The van der Waals surface area contributed by atoms with E-state index in [1.54, 1.807) is 25.1 Å². The molecule has 2 heterocycles. The van der Waals surface area contributed by atoms with Crippen molar-refractivity contribution in [2.75, 3.05) is 39.6 Å².